The molecule has 1 aliphatic rings. The summed E-state index contributed by atoms with van der Waals surface area (Å²) in [4.78, 5) is 2.45. The van der Waals surface area contributed by atoms with E-state index in [1.807, 2.05) is 44.2 Å². The Morgan fingerprint density at radius 3 is 1.91 bits per heavy atom. The molecular weight excluding hydrogens is 460 g/mol. The first-order valence-corrected chi connectivity index (χ1v) is 13.2. The van der Waals surface area contributed by atoms with Gasteiger partial charge in [-0.15, -0.1) is 4.83 Å². The first kappa shape index (κ1) is 23.1. The number of nitrogens with one attached hydrogen (secondary N) is 2. The highest BCUT2D eigenvalue weighted by molar-refractivity contribution is 7.89. The summed E-state index contributed by atoms with van der Waals surface area (Å²) < 4.78 is 53.1. The Bertz CT molecular complexity index is 1370. The van der Waals surface area contributed by atoms with Crippen LogP contribution in [0.1, 0.15) is 23.1 Å². The number of hydrazine groups is 1. The van der Waals surface area contributed by atoms with Crippen molar-refractivity contribution in [1.29, 1.82) is 0 Å². The number of aryl methyl sites for hydroxylation is 2. The summed E-state index contributed by atoms with van der Waals surface area (Å²) in [5.41, 5.74) is 5.79. The van der Waals surface area contributed by atoms with E-state index in [9.17, 15) is 16.8 Å². The standard InChI is InChI=1S/C23H24N4O4S2/c1-17-8-12-20(13-9-17)32(28,29)26-24-23-16-22(19-6-4-3-5-7-19)25-27(23)33(30,31)21-14-10-18(2)11-15-21/h3-15,23-24,26H,16H2,1-2H3. The van der Waals surface area contributed by atoms with E-state index in [0.29, 0.717) is 5.71 Å². The zero-order valence-electron chi connectivity index (χ0n) is 18.1. The minimum absolute atomic E-state index is 0.0655. The Balaban J connectivity index is 1.64. The molecule has 172 valence electrons. The van der Waals surface area contributed by atoms with Crippen LogP contribution in [0, 0.1) is 13.8 Å². The summed E-state index contributed by atoms with van der Waals surface area (Å²) in [6.45, 7) is 3.72. The molecule has 0 radical (unpaired) electrons. The lowest BCUT2D eigenvalue weighted by Gasteiger charge is -2.24. The number of benzene rings is 3. The van der Waals surface area contributed by atoms with E-state index in [-0.39, 0.29) is 16.2 Å². The molecule has 0 saturated heterocycles. The Hall–Kier alpha value is -3.05. The lowest BCUT2D eigenvalue weighted by atomic mass is 10.1. The van der Waals surface area contributed by atoms with E-state index in [4.69, 9.17) is 0 Å². The van der Waals surface area contributed by atoms with Crippen LogP contribution in [0.2, 0.25) is 0 Å². The smallest absolute Gasteiger partial charge is 0.219 e. The molecule has 8 nitrogen and oxygen atoms in total. The molecule has 1 atom stereocenters. The second kappa shape index (κ2) is 9.06. The average molecular weight is 485 g/mol. The Morgan fingerprint density at radius 1 is 0.788 bits per heavy atom. The average Bonchev–Trinajstić information content (AvgIpc) is 3.24. The number of nitrogens with zero attached hydrogens (tertiary/aromatic N) is 2. The molecule has 1 aliphatic heterocycles. The summed E-state index contributed by atoms with van der Waals surface area (Å²) in [6.07, 6.45) is -0.780. The predicted molar refractivity (Wildman–Crippen MR) is 126 cm³/mol. The van der Waals surface area contributed by atoms with Gasteiger partial charge in [0.2, 0.25) is 0 Å². The van der Waals surface area contributed by atoms with Gasteiger partial charge in [0.05, 0.1) is 15.5 Å². The zero-order valence-corrected chi connectivity index (χ0v) is 19.8. The number of hydrogen-bond donors (Lipinski definition) is 2. The molecule has 4 rings (SSSR count). The van der Waals surface area contributed by atoms with Gasteiger partial charge in [-0.05, 0) is 43.7 Å². The van der Waals surface area contributed by atoms with Gasteiger partial charge in [0, 0.05) is 6.42 Å². The third-order valence-electron chi connectivity index (χ3n) is 5.24. The molecule has 0 spiro atoms. The van der Waals surface area contributed by atoms with Gasteiger partial charge in [0.1, 0.15) is 6.17 Å². The Labute approximate surface area is 194 Å². The van der Waals surface area contributed by atoms with E-state index >= 15 is 0 Å². The molecule has 0 aliphatic carbocycles. The fourth-order valence-electron chi connectivity index (χ4n) is 3.36. The van der Waals surface area contributed by atoms with Gasteiger partial charge < -0.3 is 0 Å². The first-order chi connectivity index (χ1) is 15.7. The number of sulfonamides is 2. The summed E-state index contributed by atoms with van der Waals surface area (Å²) >= 11 is 0. The monoisotopic (exact) mass is 484 g/mol. The minimum Gasteiger partial charge on any atom is -0.219 e. The number of hydrazone groups is 1. The van der Waals surface area contributed by atoms with E-state index in [1.54, 1.807) is 24.3 Å². The van der Waals surface area contributed by atoms with Crippen LogP contribution in [-0.4, -0.2) is 33.1 Å². The van der Waals surface area contributed by atoms with Crippen molar-refractivity contribution in [3.63, 3.8) is 0 Å². The van der Waals surface area contributed by atoms with Crippen molar-refractivity contribution in [2.75, 3.05) is 0 Å². The highest BCUT2D eigenvalue weighted by atomic mass is 32.2. The molecule has 3 aromatic rings. The second-order valence-electron chi connectivity index (χ2n) is 7.79. The van der Waals surface area contributed by atoms with Crippen LogP contribution in [0.25, 0.3) is 0 Å². The van der Waals surface area contributed by atoms with E-state index in [0.717, 1.165) is 21.1 Å². The molecule has 1 unspecified atom stereocenters. The Kier molecular flexibility index (Phi) is 6.35. The van der Waals surface area contributed by atoms with Crippen LogP contribution >= 0.6 is 0 Å². The third kappa shape index (κ3) is 4.98. The summed E-state index contributed by atoms with van der Waals surface area (Å²) in [7, 11) is -7.95. The topological polar surface area (TPSA) is 108 Å². The molecule has 0 amide bonds. The summed E-state index contributed by atoms with van der Waals surface area (Å²) in [5, 5.41) is 4.36. The molecule has 1 heterocycles. The molecule has 0 aromatic heterocycles. The zero-order chi connectivity index (χ0) is 23.6. The fourth-order valence-corrected chi connectivity index (χ4v) is 5.63. The molecular formula is C23H24N4O4S2. The first-order valence-electron chi connectivity index (χ1n) is 10.2. The fraction of sp³-hybridized carbons (Fsp3) is 0.174. The molecule has 0 fully saturated rings. The molecule has 2 N–H and O–H groups in total. The highest BCUT2D eigenvalue weighted by Gasteiger charge is 2.37. The van der Waals surface area contributed by atoms with Crippen LogP contribution in [0.3, 0.4) is 0 Å². The third-order valence-corrected chi connectivity index (χ3v) is 8.21. The van der Waals surface area contributed by atoms with Crippen LogP contribution < -0.4 is 10.3 Å². The van der Waals surface area contributed by atoms with Crippen LogP contribution in [0.5, 0.6) is 0 Å². The van der Waals surface area contributed by atoms with Gasteiger partial charge in [0.15, 0.2) is 0 Å². The summed E-state index contributed by atoms with van der Waals surface area (Å²) in [6, 6.07) is 21.9. The van der Waals surface area contributed by atoms with Gasteiger partial charge in [0.25, 0.3) is 20.0 Å². The van der Waals surface area contributed by atoms with Crippen molar-refractivity contribution in [2.24, 2.45) is 5.10 Å². The van der Waals surface area contributed by atoms with Crippen molar-refractivity contribution in [1.82, 2.24) is 14.7 Å². The predicted octanol–water partition coefficient (Wildman–Crippen LogP) is 2.91. The maximum Gasteiger partial charge on any atom is 0.280 e. The van der Waals surface area contributed by atoms with Crippen molar-refractivity contribution >= 4 is 25.8 Å². The SMILES string of the molecule is Cc1ccc(S(=O)(=O)NNC2CC(c3ccccc3)=NN2S(=O)(=O)c2ccc(C)cc2)cc1. The molecule has 33 heavy (non-hydrogen) atoms. The molecule has 10 heteroatoms. The largest absolute Gasteiger partial charge is 0.280 e. The quantitative estimate of drug-likeness (QED) is 0.502. The normalized spacial score (nSPS) is 16.6. The van der Waals surface area contributed by atoms with Gasteiger partial charge in [-0.2, -0.15) is 17.9 Å². The van der Waals surface area contributed by atoms with E-state index in [1.165, 1.54) is 24.3 Å². The van der Waals surface area contributed by atoms with Crippen molar-refractivity contribution in [3.8, 4) is 0 Å². The highest BCUT2D eigenvalue weighted by Crippen LogP contribution is 2.26. The lowest BCUT2D eigenvalue weighted by molar-refractivity contribution is 0.301. The van der Waals surface area contributed by atoms with Gasteiger partial charge >= 0.3 is 0 Å². The van der Waals surface area contributed by atoms with Crippen LogP contribution in [-0.2, 0) is 20.0 Å². The molecule has 0 saturated carbocycles. The number of hydrogen-bond acceptors (Lipinski definition) is 6. The maximum absolute atomic E-state index is 13.4. The maximum atomic E-state index is 13.4. The van der Waals surface area contributed by atoms with Gasteiger partial charge in [-0.25, -0.2) is 13.8 Å². The van der Waals surface area contributed by atoms with Crippen molar-refractivity contribution in [3.05, 3.63) is 95.6 Å². The van der Waals surface area contributed by atoms with Gasteiger partial charge in [-0.3, -0.25) is 0 Å². The van der Waals surface area contributed by atoms with E-state index < -0.39 is 26.2 Å². The molecule has 0 bridgehead atoms. The Morgan fingerprint density at radius 2 is 1.33 bits per heavy atom. The van der Waals surface area contributed by atoms with E-state index in [2.05, 4.69) is 15.4 Å². The van der Waals surface area contributed by atoms with Gasteiger partial charge in [-0.1, -0.05) is 65.7 Å². The van der Waals surface area contributed by atoms with Crippen LogP contribution in [0.15, 0.2) is 93.8 Å². The molecule has 3 aromatic carbocycles. The lowest BCUT2D eigenvalue weighted by Crippen LogP contribution is -2.51. The summed E-state index contributed by atoms with van der Waals surface area (Å²) in [5.74, 6) is 0. The van der Waals surface area contributed by atoms with Crippen LogP contribution in [0.4, 0.5) is 0 Å². The second-order valence-corrected chi connectivity index (χ2v) is 11.3. The van der Waals surface area contributed by atoms with Crippen molar-refractivity contribution < 1.29 is 16.8 Å². The minimum atomic E-state index is -4.03. The number of rotatable bonds is 7. The van der Waals surface area contributed by atoms with Crippen molar-refractivity contribution in [2.45, 2.75) is 36.2 Å².